The number of anilines is 1. The molecule has 168 valence electrons. The number of likely N-dealkylation sites (tertiary alicyclic amines) is 1. The van der Waals surface area contributed by atoms with Gasteiger partial charge in [-0.05, 0) is 73.5 Å². The maximum absolute atomic E-state index is 14.8. The second-order valence-electron chi connectivity index (χ2n) is 8.30. The molecule has 0 bridgehead atoms. The van der Waals surface area contributed by atoms with Crippen molar-refractivity contribution in [3.63, 3.8) is 0 Å². The highest BCUT2D eigenvalue weighted by atomic mass is 19.2. The lowest BCUT2D eigenvalue weighted by atomic mass is 9.99. The van der Waals surface area contributed by atoms with Crippen molar-refractivity contribution in [1.82, 2.24) is 20.1 Å². The van der Waals surface area contributed by atoms with Gasteiger partial charge in [0, 0.05) is 23.7 Å². The third-order valence-corrected chi connectivity index (χ3v) is 5.95. The predicted molar refractivity (Wildman–Crippen MR) is 123 cm³/mol. The van der Waals surface area contributed by atoms with Crippen molar-refractivity contribution in [3.05, 3.63) is 77.8 Å². The van der Waals surface area contributed by atoms with Crippen LogP contribution in [0, 0.1) is 11.6 Å². The van der Waals surface area contributed by atoms with Crippen molar-refractivity contribution in [3.8, 4) is 11.1 Å². The van der Waals surface area contributed by atoms with Gasteiger partial charge in [0.05, 0.1) is 17.4 Å². The average Bonchev–Trinajstić information content (AvgIpc) is 3.26. The number of nitrogens with zero attached hydrogens (tertiary/aromatic N) is 3. The third kappa shape index (κ3) is 4.47. The molecule has 5 rings (SSSR count). The van der Waals surface area contributed by atoms with Crippen LogP contribution >= 0.6 is 0 Å². The molecule has 0 aliphatic carbocycles. The van der Waals surface area contributed by atoms with Crippen molar-refractivity contribution < 1.29 is 13.6 Å². The Balaban J connectivity index is 1.48. The molecular formula is C25H23F2N5O. The zero-order valence-electron chi connectivity index (χ0n) is 17.9. The average molecular weight is 447 g/mol. The van der Waals surface area contributed by atoms with E-state index in [2.05, 4.69) is 25.4 Å². The van der Waals surface area contributed by atoms with Crippen molar-refractivity contribution in [2.75, 3.05) is 18.4 Å². The summed E-state index contributed by atoms with van der Waals surface area (Å²) in [4.78, 5) is 19.0. The largest absolute Gasteiger partial charge is 0.319 e. The number of piperidine rings is 1. The maximum atomic E-state index is 14.8. The molecule has 3 heterocycles. The van der Waals surface area contributed by atoms with Gasteiger partial charge in [-0.3, -0.25) is 19.8 Å². The zero-order valence-corrected chi connectivity index (χ0v) is 17.9. The minimum absolute atomic E-state index is 0.168. The number of carbonyl (C=O) groups excluding carboxylic acids is 1. The molecule has 1 fully saturated rings. The number of hydrogen-bond acceptors (Lipinski definition) is 4. The molecule has 6 nitrogen and oxygen atoms in total. The molecule has 1 aliphatic heterocycles. The molecule has 2 aromatic heterocycles. The van der Waals surface area contributed by atoms with E-state index in [1.807, 2.05) is 0 Å². The van der Waals surface area contributed by atoms with Crippen molar-refractivity contribution in [2.45, 2.75) is 25.8 Å². The topological polar surface area (TPSA) is 73.9 Å². The van der Waals surface area contributed by atoms with Crippen LogP contribution in [0.4, 0.5) is 14.5 Å². The molecule has 0 saturated carbocycles. The molecule has 8 heteroatoms. The van der Waals surface area contributed by atoms with E-state index >= 15 is 0 Å². The lowest BCUT2D eigenvalue weighted by Crippen LogP contribution is -2.29. The first-order valence-electron chi connectivity index (χ1n) is 11.0. The number of aromatic amines is 1. The Bertz CT molecular complexity index is 1300. The Kier molecular flexibility index (Phi) is 5.83. The zero-order chi connectivity index (χ0) is 22.8. The van der Waals surface area contributed by atoms with Crippen LogP contribution in [0.5, 0.6) is 0 Å². The molecule has 0 radical (unpaired) electrons. The summed E-state index contributed by atoms with van der Waals surface area (Å²) in [5.74, 6) is -2.19. The van der Waals surface area contributed by atoms with Crippen LogP contribution in [-0.4, -0.2) is 39.1 Å². The predicted octanol–water partition coefficient (Wildman–Crippen LogP) is 5.14. The number of nitrogens with one attached hydrogen (secondary N) is 2. The molecule has 1 amide bonds. The number of amides is 1. The Morgan fingerprint density at radius 1 is 1.09 bits per heavy atom. The number of benzene rings is 2. The summed E-state index contributed by atoms with van der Waals surface area (Å²) in [6.45, 7) is 2.51. The van der Waals surface area contributed by atoms with Gasteiger partial charge in [0.1, 0.15) is 0 Å². The van der Waals surface area contributed by atoms with Gasteiger partial charge in [-0.15, -0.1) is 0 Å². The lowest BCUT2D eigenvalue weighted by Gasteiger charge is -2.26. The van der Waals surface area contributed by atoms with E-state index in [-0.39, 0.29) is 11.3 Å². The fraction of sp³-hybridized carbons (Fsp3) is 0.240. The Labute approximate surface area is 189 Å². The van der Waals surface area contributed by atoms with Crippen LogP contribution in [0.25, 0.3) is 22.0 Å². The molecular weight excluding hydrogens is 424 g/mol. The first-order valence-corrected chi connectivity index (χ1v) is 11.0. The monoisotopic (exact) mass is 447 g/mol. The summed E-state index contributed by atoms with van der Waals surface area (Å²) in [7, 11) is 0. The highest BCUT2D eigenvalue weighted by Gasteiger charge is 2.19. The van der Waals surface area contributed by atoms with Gasteiger partial charge in [0.2, 0.25) is 0 Å². The quantitative estimate of drug-likeness (QED) is 0.444. The molecule has 0 spiro atoms. The van der Waals surface area contributed by atoms with Gasteiger partial charge in [-0.1, -0.05) is 12.5 Å². The molecule has 4 aromatic rings. The number of hydrogen-bond donors (Lipinski definition) is 2. The summed E-state index contributed by atoms with van der Waals surface area (Å²) in [6.07, 6.45) is 6.60. The van der Waals surface area contributed by atoms with Gasteiger partial charge in [0.15, 0.2) is 17.3 Å². The second-order valence-corrected chi connectivity index (χ2v) is 8.30. The van der Waals surface area contributed by atoms with E-state index in [0.717, 1.165) is 31.5 Å². The van der Waals surface area contributed by atoms with E-state index in [4.69, 9.17) is 0 Å². The van der Waals surface area contributed by atoms with Crippen LogP contribution in [0.2, 0.25) is 0 Å². The van der Waals surface area contributed by atoms with Crippen LogP contribution < -0.4 is 5.32 Å². The molecule has 1 saturated heterocycles. The number of rotatable bonds is 5. The Morgan fingerprint density at radius 3 is 2.73 bits per heavy atom. The van der Waals surface area contributed by atoms with Crippen LogP contribution in [0.1, 0.15) is 35.3 Å². The van der Waals surface area contributed by atoms with E-state index in [9.17, 15) is 13.6 Å². The van der Waals surface area contributed by atoms with Crippen molar-refractivity contribution >= 4 is 22.5 Å². The molecule has 1 aliphatic rings. The Hall–Kier alpha value is -3.65. The van der Waals surface area contributed by atoms with Crippen LogP contribution in [0.3, 0.4) is 0 Å². The van der Waals surface area contributed by atoms with Crippen LogP contribution in [-0.2, 0) is 6.54 Å². The number of pyridine rings is 1. The summed E-state index contributed by atoms with van der Waals surface area (Å²) in [5.41, 5.74) is 2.71. The molecule has 2 N–H and O–H groups in total. The standard InChI is InChI=1S/C25H23F2N5O/c26-21-12-16(15-32-9-2-1-3-10-32)11-19(23(21)27)17-6-7-22-20(13-17)24(31-30-22)25(33)29-18-5-4-8-28-14-18/h4-8,11-14H,1-3,9-10,15H2,(H,29,33)(H,30,31). The van der Waals surface area contributed by atoms with E-state index in [1.165, 1.54) is 18.7 Å². The van der Waals surface area contributed by atoms with Gasteiger partial charge in [-0.2, -0.15) is 5.10 Å². The van der Waals surface area contributed by atoms with Gasteiger partial charge < -0.3 is 5.32 Å². The molecule has 2 aromatic carbocycles. The number of halogens is 2. The number of carbonyl (C=O) groups is 1. The van der Waals surface area contributed by atoms with E-state index in [1.54, 1.807) is 42.6 Å². The van der Waals surface area contributed by atoms with Gasteiger partial charge >= 0.3 is 0 Å². The SMILES string of the molecule is O=C(Nc1cccnc1)c1n[nH]c2ccc(-c3cc(CN4CCCCC4)cc(F)c3F)cc12. The van der Waals surface area contributed by atoms with Crippen molar-refractivity contribution in [2.24, 2.45) is 0 Å². The molecule has 33 heavy (non-hydrogen) atoms. The number of H-pyrrole nitrogens is 1. The lowest BCUT2D eigenvalue weighted by molar-refractivity contribution is 0.102. The fourth-order valence-corrected chi connectivity index (χ4v) is 4.30. The van der Waals surface area contributed by atoms with Gasteiger partial charge in [-0.25, -0.2) is 8.78 Å². The second kappa shape index (κ2) is 9.07. The number of aromatic nitrogens is 3. The fourth-order valence-electron chi connectivity index (χ4n) is 4.30. The van der Waals surface area contributed by atoms with Crippen LogP contribution in [0.15, 0.2) is 54.9 Å². The van der Waals surface area contributed by atoms with Crippen molar-refractivity contribution in [1.29, 1.82) is 0 Å². The summed E-state index contributed by atoms with van der Waals surface area (Å²) in [5, 5.41) is 10.2. The smallest absolute Gasteiger partial charge is 0.276 e. The maximum Gasteiger partial charge on any atom is 0.276 e. The minimum atomic E-state index is -0.901. The highest BCUT2D eigenvalue weighted by molar-refractivity contribution is 6.11. The summed E-state index contributed by atoms with van der Waals surface area (Å²) < 4.78 is 29.3. The highest BCUT2D eigenvalue weighted by Crippen LogP contribution is 2.30. The first-order chi connectivity index (χ1) is 16.1. The van der Waals surface area contributed by atoms with E-state index in [0.29, 0.717) is 28.7 Å². The van der Waals surface area contributed by atoms with E-state index < -0.39 is 17.5 Å². The summed E-state index contributed by atoms with van der Waals surface area (Å²) >= 11 is 0. The normalized spacial score (nSPS) is 14.5. The summed E-state index contributed by atoms with van der Waals surface area (Å²) in [6, 6.07) is 11.5. The van der Waals surface area contributed by atoms with Gasteiger partial charge in [0.25, 0.3) is 5.91 Å². The molecule has 0 unspecified atom stereocenters. The Morgan fingerprint density at radius 2 is 1.94 bits per heavy atom. The molecule has 0 atom stereocenters. The first kappa shape index (κ1) is 21.2. The minimum Gasteiger partial charge on any atom is -0.319 e. The number of fused-ring (bicyclic) bond motifs is 1. The third-order valence-electron chi connectivity index (χ3n) is 5.95.